The Morgan fingerprint density at radius 1 is 1.10 bits per heavy atom. The molecule has 3 aromatic carbocycles. The molecule has 2 atom stereocenters. The topological polar surface area (TPSA) is 142 Å². The van der Waals surface area contributed by atoms with Crippen LogP contribution in [-0.4, -0.2) is 41.0 Å². The number of nitrogens with zero attached hydrogens (tertiary/aromatic N) is 5. The van der Waals surface area contributed by atoms with E-state index in [2.05, 4.69) is 11.1 Å². The van der Waals surface area contributed by atoms with E-state index in [1.165, 1.54) is 4.31 Å². The third-order valence-electron chi connectivity index (χ3n) is 6.64. The number of ether oxygens (including phenoxy) is 1. The number of hydrogen-bond donors (Lipinski definition) is 2. The molecule has 0 aliphatic carbocycles. The molecule has 0 saturated heterocycles. The zero-order valence-electron chi connectivity index (χ0n) is 22.2. The van der Waals surface area contributed by atoms with Gasteiger partial charge < -0.3 is 14.4 Å². The monoisotopic (exact) mass is 569 g/mol. The molecule has 0 spiro atoms. The lowest BCUT2D eigenvalue weighted by Crippen LogP contribution is -2.19. The van der Waals surface area contributed by atoms with Crippen molar-refractivity contribution in [1.29, 1.82) is 5.26 Å². The van der Waals surface area contributed by atoms with E-state index in [-0.39, 0.29) is 12.4 Å². The van der Waals surface area contributed by atoms with Gasteiger partial charge >= 0.3 is 5.97 Å². The van der Waals surface area contributed by atoms with Crippen molar-refractivity contribution in [2.75, 3.05) is 10.9 Å². The predicted molar refractivity (Wildman–Crippen MR) is 155 cm³/mol. The van der Waals surface area contributed by atoms with E-state index in [4.69, 9.17) is 15.0 Å². The lowest BCUT2D eigenvalue weighted by molar-refractivity contribution is -0.143. The predicted octanol–water partition coefficient (Wildman–Crippen LogP) is 5.16. The Balaban J connectivity index is 1.55. The highest BCUT2D eigenvalue weighted by Crippen LogP contribution is 2.33. The van der Waals surface area contributed by atoms with E-state index in [0.29, 0.717) is 58.9 Å². The van der Waals surface area contributed by atoms with Gasteiger partial charge in [0.15, 0.2) is 0 Å². The Morgan fingerprint density at radius 3 is 2.59 bits per heavy atom. The number of pyridine rings is 1. The van der Waals surface area contributed by atoms with Gasteiger partial charge in [0.1, 0.15) is 11.9 Å². The zero-order chi connectivity index (χ0) is 28.9. The summed E-state index contributed by atoms with van der Waals surface area (Å²) in [5, 5.41) is 21.3. The molecule has 2 N–H and O–H groups in total. The molecular formula is C30H27N5O5S. The summed E-state index contributed by atoms with van der Waals surface area (Å²) in [6, 6.07) is 22.8. The van der Waals surface area contributed by atoms with Crippen LogP contribution in [0, 0.1) is 11.3 Å². The maximum absolute atomic E-state index is 12.5. The number of fused-ring (bicyclic) bond motifs is 2. The van der Waals surface area contributed by atoms with Gasteiger partial charge in [-0.2, -0.15) is 5.26 Å². The standard InChI is InChI=1S/C30H27N5O5S/c1-2-40-28(36)6-4-16-34-27-14-12-24(35(41(38)39)23-11-13-25-22(17-23)5-3-15-32-25)18-26(27)33-30(34)29(37)21-9-7-20(19-31)8-10-21/h3,5,7-15,17-18,29,37H,2,4,6,16H2,1H3,(H,38,39). The van der Waals surface area contributed by atoms with Crippen molar-refractivity contribution < 1.29 is 23.4 Å². The minimum atomic E-state index is -2.39. The first kappa shape index (κ1) is 27.9. The van der Waals surface area contributed by atoms with Crippen molar-refractivity contribution in [2.24, 2.45) is 0 Å². The molecule has 0 amide bonds. The van der Waals surface area contributed by atoms with Gasteiger partial charge in [0.05, 0.1) is 46.2 Å². The number of benzene rings is 3. The average Bonchev–Trinajstić information content (AvgIpc) is 3.34. The highest BCUT2D eigenvalue weighted by atomic mass is 32.2. The van der Waals surface area contributed by atoms with Crippen molar-refractivity contribution in [3.05, 3.63) is 95.9 Å². The second kappa shape index (κ2) is 12.3. The number of carbonyl (C=O) groups excluding carboxylic acids is 1. The summed E-state index contributed by atoms with van der Waals surface area (Å²) in [5.74, 6) is 0.0409. The fourth-order valence-electron chi connectivity index (χ4n) is 4.73. The second-order valence-corrected chi connectivity index (χ2v) is 10.1. The molecule has 0 aliphatic heterocycles. The van der Waals surface area contributed by atoms with Crippen molar-refractivity contribution in [1.82, 2.24) is 14.5 Å². The number of aromatic nitrogens is 3. The van der Waals surface area contributed by atoms with Gasteiger partial charge in [-0.1, -0.05) is 18.2 Å². The van der Waals surface area contributed by atoms with E-state index in [0.717, 1.165) is 10.9 Å². The number of imidazole rings is 1. The first-order valence-corrected chi connectivity index (χ1v) is 14.1. The molecule has 5 rings (SSSR count). The van der Waals surface area contributed by atoms with Crippen LogP contribution in [0.25, 0.3) is 21.9 Å². The van der Waals surface area contributed by atoms with Crippen LogP contribution in [0.15, 0.2) is 79.0 Å². The molecule has 0 radical (unpaired) electrons. The van der Waals surface area contributed by atoms with E-state index >= 15 is 0 Å². The molecule has 208 valence electrons. The van der Waals surface area contributed by atoms with Crippen LogP contribution < -0.4 is 4.31 Å². The Kier molecular flexibility index (Phi) is 8.35. The Bertz CT molecular complexity index is 1780. The number of carbonyl (C=O) groups is 1. The summed E-state index contributed by atoms with van der Waals surface area (Å²) in [5.41, 5.74) is 3.89. The third-order valence-corrected chi connectivity index (χ3v) is 7.38. The van der Waals surface area contributed by atoms with Gasteiger partial charge in [-0.25, -0.2) is 13.5 Å². The highest BCUT2D eigenvalue weighted by Gasteiger charge is 2.23. The lowest BCUT2D eigenvalue weighted by Gasteiger charge is -2.20. The quantitative estimate of drug-likeness (QED) is 0.174. The summed E-state index contributed by atoms with van der Waals surface area (Å²) in [6.07, 6.45) is 1.23. The molecule has 0 aliphatic rings. The first-order chi connectivity index (χ1) is 19.9. The Hall–Kier alpha value is -4.63. The maximum atomic E-state index is 12.5. The molecule has 11 heteroatoms. The van der Waals surface area contributed by atoms with Crippen LogP contribution in [0.1, 0.15) is 42.8 Å². The van der Waals surface area contributed by atoms with Crippen LogP contribution in [0.4, 0.5) is 11.4 Å². The molecule has 2 unspecified atom stereocenters. The smallest absolute Gasteiger partial charge is 0.305 e. The van der Waals surface area contributed by atoms with E-state index < -0.39 is 17.4 Å². The molecule has 0 saturated carbocycles. The number of aliphatic hydroxyl groups excluding tert-OH is 1. The summed E-state index contributed by atoms with van der Waals surface area (Å²) >= 11 is -2.39. The maximum Gasteiger partial charge on any atom is 0.305 e. The van der Waals surface area contributed by atoms with E-state index in [1.807, 2.05) is 10.6 Å². The van der Waals surface area contributed by atoms with Gasteiger partial charge in [0, 0.05) is 24.5 Å². The highest BCUT2D eigenvalue weighted by molar-refractivity contribution is 7.81. The van der Waals surface area contributed by atoms with Crippen LogP contribution in [0.5, 0.6) is 0 Å². The number of esters is 1. The molecular weight excluding hydrogens is 542 g/mol. The number of nitriles is 1. The number of anilines is 2. The van der Waals surface area contributed by atoms with Crippen LogP contribution in [-0.2, 0) is 27.3 Å². The Labute approximate surface area is 238 Å². The molecule has 0 fully saturated rings. The molecule has 10 nitrogen and oxygen atoms in total. The largest absolute Gasteiger partial charge is 0.466 e. The number of aryl methyl sites for hydroxylation is 1. The van der Waals surface area contributed by atoms with Gasteiger partial charge in [-0.15, -0.1) is 0 Å². The van der Waals surface area contributed by atoms with Gasteiger partial charge in [-0.05, 0) is 73.5 Å². The lowest BCUT2D eigenvalue weighted by atomic mass is 10.1. The van der Waals surface area contributed by atoms with Gasteiger partial charge in [-0.3, -0.25) is 14.3 Å². The van der Waals surface area contributed by atoms with E-state index in [9.17, 15) is 18.7 Å². The van der Waals surface area contributed by atoms with Crippen LogP contribution in [0.2, 0.25) is 0 Å². The van der Waals surface area contributed by atoms with Crippen molar-refractivity contribution in [3.63, 3.8) is 0 Å². The fourth-order valence-corrected chi connectivity index (χ4v) is 5.32. The average molecular weight is 570 g/mol. The molecule has 0 bridgehead atoms. The Morgan fingerprint density at radius 2 is 1.85 bits per heavy atom. The van der Waals surface area contributed by atoms with Gasteiger partial charge in [0.25, 0.3) is 11.3 Å². The summed E-state index contributed by atoms with van der Waals surface area (Å²) in [7, 11) is 0. The van der Waals surface area contributed by atoms with Crippen molar-refractivity contribution >= 4 is 50.5 Å². The minimum absolute atomic E-state index is 0.200. The van der Waals surface area contributed by atoms with Gasteiger partial charge in [0.2, 0.25) is 0 Å². The minimum Gasteiger partial charge on any atom is -0.466 e. The zero-order valence-corrected chi connectivity index (χ0v) is 23.0. The first-order valence-electron chi connectivity index (χ1n) is 13.0. The summed E-state index contributed by atoms with van der Waals surface area (Å²) in [6.45, 7) is 2.43. The number of hydrogen-bond acceptors (Lipinski definition) is 7. The summed E-state index contributed by atoms with van der Waals surface area (Å²) in [4.78, 5) is 21.0. The molecule has 2 heterocycles. The molecule has 41 heavy (non-hydrogen) atoms. The molecule has 5 aromatic rings. The van der Waals surface area contributed by atoms with E-state index in [1.54, 1.807) is 79.9 Å². The second-order valence-electron chi connectivity index (χ2n) is 9.25. The molecule has 2 aromatic heterocycles. The summed E-state index contributed by atoms with van der Waals surface area (Å²) < 4.78 is 31.0. The number of rotatable bonds is 10. The number of aliphatic hydroxyl groups is 1. The SMILES string of the molecule is CCOC(=O)CCCn1c(C(O)c2ccc(C#N)cc2)nc2cc(N(c3ccc4ncccc4c3)S(=O)O)ccc21. The van der Waals surface area contributed by atoms with Crippen LogP contribution >= 0.6 is 0 Å². The normalized spacial score (nSPS) is 12.6. The van der Waals surface area contributed by atoms with Crippen molar-refractivity contribution in [2.45, 2.75) is 32.4 Å². The van der Waals surface area contributed by atoms with Crippen molar-refractivity contribution in [3.8, 4) is 6.07 Å². The third kappa shape index (κ3) is 5.95. The van der Waals surface area contributed by atoms with Crippen LogP contribution in [0.3, 0.4) is 0 Å². The fraction of sp³-hybridized carbons (Fsp3) is 0.200.